The molecule has 0 spiro atoms. The van der Waals surface area contributed by atoms with Gasteiger partial charge in [-0.1, -0.05) is 12.1 Å². The molecule has 0 atom stereocenters. The molecular formula is C15H17N5. The van der Waals surface area contributed by atoms with Crippen LogP contribution in [-0.4, -0.2) is 29.1 Å². The van der Waals surface area contributed by atoms with Gasteiger partial charge in [-0.3, -0.25) is 0 Å². The molecule has 0 radical (unpaired) electrons. The number of nitrogens with two attached hydrogens (primary N) is 1. The normalized spacial score (nSPS) is 10.9. The van der Waals surface area contributed by atoms with Crippen molar-refractivity contribution in [2.45, 2.75) is 6.54 Å². The lowest BCUT2D eigenvalue weighted by atomic mass is 10.2. The average molecular weight is 267 g/mol. The van der Waals surface area contributed by atoms with Crippen LogP contribution in [0.3, 0.4) is 0 Å². The van der Waals surface area contributed by atoms with Crippen LogP contribution in [-0.2, 0) is 6.54 Å². The van der Waals surface area contributed by atoms with Gasteiger partial charge in [0.25, 0.3) is 0 Å². The Kier molecular flexibility index (Phi) is 3.12. The highest BCUT2D eigenvalue weighted by atomic mass is 15.5. The average Bonchev–Trinajstić information content (AvgIpc) is 2.90. The zero-order valence-corrected chi connectivity index (χ0v) is 11.6. The minimum atomic E-state index is 0.543. The summed E-state index contributed by atoms with van der Waals surface area (Å²) in [5.74, 6) is 0. The monoisotopic (exact) mass is 267 g/mol. The molecule has 20 heavy (non-hydrogen) atoms. The Hall–Kier alpha value is -2.40. The smallest absolute Gasteiger partial charge is 0.115 e. The minimum Gasteiger partial charge on any atom is -0.378 e. The van der Waals surface area contributed by atoms with Gasteiger partial charge in [0.1, 0.15) is 11.0 Å². The summed E-state index contributed by atoms with van der Waals surface area (Å²) < 4.78 is 0. The van der Waals surface area contributed by atoms with Crippen LogP contribution in [0.25, 0.3) is 16.7 Å². The van der Waals surface area contributed by atoms with Gasteiger partial charge < -0.3 is 10.6 Å². The summed E-state index contributed by atoms with van der Waals surface area (Å²) in [6.07, 6.45) is 0. The van der Waals surface area contributed by atoms with Gasteiger partial charge >= 0.3 is 0 Å². The van der Waals surface area contributed by atoms with Crippen LogP contribution in [0.4, 0.5) is 5.69 Å². The van der Waals surface area contributed by atoms with E-state index in [1.54, 1.807) is 4.80 Å². The van der Waals surface area contributed by atoms with Gasteiger partial charge in [-0.25, -0.2) is 0 Å². The van der Waals surface area contributed by atoms with Gasteiger partial charge in [0.05, 0.1) is 5.69 Å². The zero-order valence-electron chi connectivity index (χ0n) is 11.6. The second-order valence-electron chi connectivity index (χ2n) is 4.93. The molecule has 0 fully saturated rings. The van der Waals surface area contributed by atoms with Gasteiger partial charge in [-0.15, -0.1) is 10.2 Å². The van der Waals surface area contributed by atoms with Crippen LogP contribution in [0.5, 0.6) is 0 Å². The Balaban J connectivity index is 2.03. The van der Waals surface area contributed by atoms with Crippen LogP contribution in [0, 0.1) is 0 Å². The molecule has 3 rings (SSSR count). The summed E-state index contributed by atoms with van der Waals surface area (Å²) in [7, 11) is 4.02. The molecule has 0 saturated heterocycles. The van der Waals surface area contributed by atoms with E-state index in [1.807, 2.05) is 56.6 Å². The molecule has 0 unspecified atom stereocenters. The fourth-order valence-corrected chi connectivity index (χ4v) is 2.06. The second-order valence-corrected chi connectivity index (χ2v) is 4.93. The molecule has 0 aliphatic heterocycles. The first kappa shape index (κ1) is 12.6. The molecule has 0 bridgehead atoms. The third-order valence-electron chi connectivity index (χ3n) is 3.28. The molecule has 0 amide bonds. The first-order valence-electron chi connectivity index (χ1n) is 6.51. The minimum absolute atomic E-state index is 0.543. The van der Waals surface area contributed by atoms with Gasteiger partial charge in [0.2, 0.25) is 0 Å². The van der Waals surface area contributed by atoms with Crippen molar-refractivity contribution in [3.05, 3.63) is 48.0 Å². The number of nitrogens with zero attached hydrogens (tertiary/aromatic N) is 4. The van der Waals surface area contributed by atoms with E-state index in [1.165, 1.54) is 0 Å². The number of benzene rings is 2. The predicted octanol–water partition coefficient (Wildman–Crippen LogP) is 1.95. The van der Waals surface area contributed by atoms with Crippen molar-refractivity contribution in [2.75, 3.05) is 19.0 Å². The van der Waals surface area contributed by atoms with E-state index in [0.29, 0.717) is 6.54 Å². The lowest BCUT2D eigenvalue weighted by Gasteiger charge is -2.10. The fourth-order valence-electron chi connectivity index (χ4n) is 2.06. The Labute approximate surface area is 117 Å². The number of aromatic nitrogens is 3. The maximum Gasteiger partial charge on any atom is 0.115 e. The topological polar surface area (TPSA) is 60.0 Å². The first-order chi connectivity index (χ1) is 9.67. The summed E-state index contributed by atoms with van der Waals surface area (Å²) in [6, 6.07) is 14.0. The van der Waals surface area contributed by atoms with Crippen LogP contribution < -0.4 is 10.6 Å². The van der Waals surface area contributed by atoms with Crippen molar-refractivity contribution < 1.29 is 0 Å². The summed E-state index contributed by atoms with van der Waals surface area (Å²) in [5.41, 5.74) is 10.5. The van der Waals surface area contributed by atoms with E-state index in [4.69, 9.17) is 5.73 Å². The molecule has 0 aliphatic carbocycles. The molecule has 1 aromatic heterocycles. The highest BCUT2D eigenvalue weighted by Gasteiger charge is 2.06. The standard InChI is InChI=1S/C15H17N5/c1-19(2)13-7-8-14-15(9-13)18-20(17-14)12-5-3-11(10-16)4-6-12/h3-9H,10,16H2,1-2H3. The second kappa shape index (κ2) is 4.94. The lowest BCUT2D eigenvalue weighted by molar-refractivity contribution is 0.765. The molecule has 5 nitrogen and oxygen atoms in total. The van der Waals surface area contributed by atoms with Crippen molar-refractivity contribution in [3.63, 3.8) is 0 Å². The summed E-state index contributed by atoms with van der Waals surface area (Å²) >= 11 is 0. The van der Waals surface area contributed by atoms with E-state index < -0.39 is 0 Å². The highest BCUT2D eigenvalue weighted by Crippen LogP contribution is 2.19. The van der Waals surface area contributed by atoms with Crippen molar-refractivity contribution in [1.82, 2.24) is 15.0 Å². The van der Waals surface area contributed by atoms with Crippen LogP contribution in [0.15, 0.2) is 42.5 Å². The predicted molar refractivity (Wildman–Crippen MR) is 81.1 cm³/mol. The highest BCUT2D eigenvalue weighted by molar-refractivity contribution is 5.78. The quantitative estimate of drug-likeness (QED) is 0.788. The molecule has 1 heterocycles. The lowest BCUT2D eigenvalue weighted by Crippen LogP contribution is -2.07. The van der Waals surface area contributed by atoms with Crippen molar-refractivity contribution in [1.29, 1.82) is 0 Å². The molecule has 5 heteroatoms. The maximum absolute atomic E-state index is 5.60. The first-order valence-corrected chi connectivity index (χ1v) is 6.51. The number of anilines is 1. The van der Waals surface area contributed by atoms with Crippen molar-refractivity contribution >= 4 is 16.7 Å². The zero-order chi connectivity index (χ0) is 14.1. The van der Waals surface area contributed by atoms with E-state index in [2.05, 4.69) is 15.1 Å². The van der Waals surface area contributed by atoms with Gasteiger partial charge in [-0.2, -0.15) is 4.80 Å². The van der Waals surface area contributed by atoms with E-state index >= 15 is 0 Å². The van der Waals surface area contributed by atoms with E-state index in [0.717, 1.165) is 28.0 Å². The SMILES string of the molecule is CN(C)c1ccc2nn(-c3ccc(CN)cc3)nc2c1. The maximum atomic E-state index is 5.60. The third-order valence-corrected chi connectivity index (χ3v) is 3.28. The summed E-state index contributed by atoms with van der Waals surface area (Å²) in [4.78, 5) is 3.71. The van der Waals surface area contributed by atoms with E-state index in [-0.39, 0.29) is 0 Å². The van der Waals surface area contributed by atoms with E-state index in [9.17, 15) is 0 Å². The van der Waals surface area contributed by atoms with Crippen LogP contribution in [0.2, 0.25) is 0 Å². The van der Waals surface area contributed by atoms with Gasteiger partial charge in [-0.05, 0) is 35.9 Å². The van der Waals surface area contributed by atoms with Crippen molar-refractivity contribution in [3.8, 4) is 5.69 Å². The fraction of sp³-hybridized carbons (Fsp3) is 0.200. The molecule has 0 aliphatic rings. The molecule has 2 aromatic carbocycles. The largest absolute Gasteiger partial charge is 0.378 e. The Morgan fingerprint density at radius 1 is 1.00 bits per heavy atom. The number of hydrogen-bond acceptors (Lipinski definition) is 4. The Morgan fingerprint density at radius 3 is 2.35 bits per heavy atom. The van der Waals surface area contributed by atoms with Crippen molar-refractivity contribution in [2.24, 2.45) is 5.73 Å². The van der Waals surface area contributed by atoms with Gasteiger partial charge in [0.15, 0.2) is 0 Å². The van der Waals surface area contributed by atoms with Gasteiger partial charge in [0, 0.05) is 26.3 Å². The number of fused-ring (bicyclic) bond motifs is 1. The number of rotatable bonds is 3. The molecule has 102 valence electrons. The summed E-state index contributed by atoms with van der Waals surface area (Å²) in [5, 5.41) is 9.02. The summed E-state index contributed by atoms with van der Waals surface area (Å²) in [6.45, 7) is 0.543. The van der Waals surface area contributed by atoms with Crippen LogP contribution in [0.1, 0.15) is 5.56 Å². The molecule has 3 aromatic rings. The third kappa shape index (κ3) is 2.23. The molecule has 2 N–H and O–H groups in total. The Morgan fingerprint density at radius 2 is 1.70 bits per heavy atom. The van der Waals surface area contributed by atoms with Crippen LogP contribution >= 0.6 is 0 Å². The molecular weight excluding hydrogens is 250 g/mol. The Bertz CT molecular complexity index is 728. The molecule has 0 saturated carbocycles. The number of hydrogen-bond donors (Lipinski definition) is 1.